The predicted molar refractivity (Wildman–Crippen MR) is 118 cm³/mol. The highest BCUT2D eigenvalue weighted by Crippen LogP contribution is 2.21. The summed E-state index contributed by atoms with van der Waals surface area (Å²) in [6.45, 7) is 3.21. The van der Waals surface area contributed by atoms with E-state index in [2.05, 4.69) is 21.8 Å². The second kappa shape index (κ2) is 8.83. The van der Waals surface area contributed by atoms with Crippen molar-refractivity contribution in [3.8, 4) is 0 Å². The number of methoxy groups -OCH3 is 1. The molecule has 3 aromatic rings. The number of pyridine rings is 1. The number of likely N-dealkylation sites (N-methyl/N-ethyl adjacent to an activating group) is 1. The molecule has 2 aromatic heterocycles. The van der Waals surface area contributed by atoms with Crippen molar-refractivity contribution in [2.24, 2.45) is 7.05 Å². The Morgan fingerprint density at radius 3 is 2.41 bits per heavy atom. The third-order valence-electron chi connectivity index (χ3n) is 5.59. The van der Waals surface area contributed by atoms with E-state index < -0.39 is 17.6 Å². The number of esters is 1. The molecule has 32 heavy (non-hydrogen) atoms. The van der Waals surface area contributed by atoms with Gasteiger partial charge in [0.15, 0.2) is 0 Å². The molecule has 0 spiro atoms. The van der Waals surface area contributed by atoms with Gasteiger partial charge in [-0.3, -0.25) is 4.79 Å². The van der Waals surface area contributed by atoms with Crippen LogP contribution in [-0.2, 0) is 23.1 Å². The van der Waals surface area contributed by atoms with Gasteiger partial charge >= 0.3 is 12.1 Å². The fraction of sp³-hybridized carbons (Fsp3) is 0.364. The standard InChI is InChI=1S/C22H25N5O5/c1-24-9-11-26(12-10-24)21-23-16-13-17(20(29)31-3)27(19(28)18(16)25(21)2)22(30)32-14-15-7-5-4-6-8-15/h4-8,13H,9-12,14H2,1-3H3. The topological polar surface area (TPSA) is 98.9 Å². The monoisotopic (exact) mass is 439 g/mol. The van der Waals surface area contributed by atoms with E-state index in [4.69, 9.17) is 9.47 Å². The largest absolute Gasteiger partial charge is 0.464 e. The van der Waals surface area contributed by atoms with Crippen molar-refractivity contribution in [2.45, 2.75) is 6.61 Å². The molecule has 10 nitrogen and oxygen atoms in total. The number of imidazole rings is 1. The van der Waals surface area contributed by atoms with Crippen molar-refractivity contribution in [2.75, 3.05) is 45.2 Å². The second-order valence-electron chi connectivity index (χ2n) is 7.70. The Kier molecular flexibility index (Phi) is 5.95. The van der Waals surface area contributed by atoms with Crippen LogP contribution in [0.5, 0.6) is 0 Å². The number of rotatable bonds is 4. The first-order valence-corrected chi connectivity index (χ1v) is 10.3. The Hall–Kier alpha value is -3.66. The zero-order valence-electron chi connectivity index (χ0n) is 18.3. The van der Waals surface area contributed by atoms with Crippen LogP contribution < -0.4 is 10.5 Å². The van der Waals surface area contributed by atoms with Gasteiger partial charge in [0.05, 0.1) is 12.6 Å². The van der Waals surface area contributed by atoms with E-state index in [1.54, 1.807) is 23.7 Å². The summed E-state index contributed by atoms with van der Waals surface area (Å²) in [6.07, 6.45) is -0.955. The average molecular weight is 439 g/mol. The Labute approximate surface area is 184 Å². The molecule has 0 amide bonds. The van der Waals surface area contributed by atoms with Crippen molar-refractivity contribution < 1.29 is 19.1 Å². The third-order valence-corrected chi connectivity index (χ3v) is 5.59. The summed E-state index contributed by atoms with van der Waals surface area (Å²) >= 11 is 0. The summed E-state index contributed by atoms with van der Waals surface area (Å²) in [5.41, 5.74) is 0.372. The Morgan fingerprint density at radius 2 is 1.75 bits per heavy atom. The number of fused-ring (bicyclic) bond motifs is 1. The van der Waals surface area contributed by atoms with Crippen molar-refractivity contribution in [1.29, 1.82) is 0 Å². The number of anilines is 1. The molecule has 10 heteroatoms. The average Bonchev–Trinajstić information content (AvgIpc) is 3.14. The first-order valence-electron chi connectivity index (χ1n) is 10.3. The molecule has 0 bridgehead atoms. The van der Waals surface area contributed by atoms with Crippen LogP contribution in [0.2, 0.25) is 0 Å². The van der Waals surface area contributed by atoms with Gasteiger partial charge in [-0.25, -0.2) is 19.1 Å². The van der Waals surface area contributed by atoms with Crippen molar-refractivity contribution in [3.63, 3.8) is 0 Å². The van der Waals surface area contributed by atoms with Crippen molar-refractivity contribution in [1.82, 2.24) is 19.0 Å². The molecule has 168 valence electrons. The van der Waals surface area contributed by atoms with E-state index in [1.807, 2.05) is 18.2 Å². The molecule has 1 aliphatic rings. The quantitative estimate of drug-likeness (QED) is 0.564. The number of piperazine rings is 1. The fourth-order valence-corrected chi connectivity index (χ4v) is 3.78. The van der Waals surface area contributed by atoms with Gasteiger partial charge in [-0.15, -0.1) is 0 Å². The summed E-state index contributed by atoms with van der Waals surface area (Å²) < 4.78 is 12.5. The molecule has 0 atom stereocenters. The SMILES string of the molecule is COC(=O)c1cc2nc(N3CCN(C)CC3)n(C)c2c(=O)n1C(=O)OCc1ccccc1. The van der Waals surface area contributed by atoms with Gasteiger partial charge in [0, 0.05) is 33.2 Å². The maximum Gasteiger partial charge on any atom is 0.422 e. The molecule has 1 aromatic carbocycles. The number of carbonyl (C=O) groups is 2. The molecule has 1 fully saturated rings. The number of aromatic nitrogens is 3. The summed E-state index contributed by atoms with van der Waals surface area (Å²) in [5, 5.41) is 0. The van der Waals surface area contributed by atoms with Crippen LogP contribution in [0, 0.1) is 0 Å². The van der Waals surface area contributed by atoms with E-state index in [0.29, 0.717) is 16.0 Å². The number of carbonyl (C=O) groups excluding carboxylic acids is 2. The molecule has 4 rings (SSSR count). The number of benzene rings is 1. The van der Waals surface area contributed by atoms with E-state index in [0.717, 1.165) is 31.7 Å². The predicted octanol–water partition coefficient (Wildman–Crippen LogP) is 1.46. The normalized spacial score (nSPS) is 14.5. The van der Waals surface area contributed by atoms with E-state index in [9.17, 15) is 14.4 Å². The number of hydrogen-bond donors (Lipinski definition) is 0. The highest BCUT2D eigenvalue weighted by atomic mass is 16.6. The summed E-state index contributed by atoms with van der Waals surface area (Å²) in [6, 6.07) is 10.5. The van der Waals surface area contributed by atoms with Crippen LogP contribution in [0.25, 0.3) is 11.0 Å². The van der Waals surface area contributed by atoms with Crippen LogP contribution in [0.3, 0.4) is 0 Å². The lowest BCUT2D eigenvalue weighted by atomic mass is 10.2. The van der Waals surface area contributed by atoms with E-state index >= 15 is 0 Å². The minimum absolute atomic E-state index is 0.0390. The summed E-state index contributed by atoms with van der Waals surface area (Å²) in [7, 11) is 4.96. The summed E-state index contributed by atoms with van der Waals surface area (Å²) in [4.78, 5) is 47.5. The van der Waals surface area contributed by atoms with Crippen molar-refractivity contribution in [3.05, 3.63) is 58.0 Å². The minimum Gasteiger partial charge on any atom is -0.464 e. The second-order valence-corrected chi connectivity index (χ2v) is 7.70. The zero-order chi connectivity index (χ0) is 22.8. The van der Waals surface area contributed by atoms with Gasteiger partial charge in [0.2, 0.25) is 5.95 Å². The molecule has 0 radical (unpaired) electrons. The highest BCUT2D eigenvalue weighted by Gasteiger charge is 2.27. The number of ether oxygens (including phenoxy) is 2. The lowest BCUT2D eigenvalue weighted by Gasteiger charge is -2.32. The molecule has 1 saturated heterocycles. The van der Waals surface area contributed by atoms with E-state index in [-0.39, 0.29) is 17.8 Å². The zero-order valence-corrected chi connectivity index (χ0v) is 18.3. The minimum atomic E-state index is -0.955. The fourth-order valence-electron chi connectivity index (χ4n) is 3.78. The molecule has 0 aliphatic carbocycles. The van der Waals surface area contributed by atoms with Crippen LogP contribution >= 0.6 is 0 Å². The van der Waals surface area contributed by atoms with Crippen LogP contribution in [0.15, 0.2) is 41.2 Å². The van der Waals surface area contributed by atoms with Gasteiger partial charge in [-0.1, -0.05) is 30.3 Å². The molecular weight excluding hydrogens is 414 g/mol. The third kappa shape index (κ3) is 3.96. The van der Waals surface area contributed by atoms with Gasteiger partial charge in [0.1, 0.15) is 17.8 Å². The molecular formula is C22H25N5O5. The Balaban J connectivity index is 1.76. The van der Waals surface area contributed by atoms with Gasteiger partial charge in [-0.05, 0) is 18.7 Å². The van der Waals surface area contributed by atoms with Crippen LogP contribution in [0.1, 0.15) is 16.1 Å². The molecule has 0 unspecified atom stereocenters. The lowest BCUT2D eigenvalue weighted by Crippen LogP contribution is -2.45. The maximum atomic E-state index is 13.4. The Bertz CT molecular complexity index is 1210. The first kappa shape index (κ1) is 21.6. The molecule has 0 N–H and O–H groups in total. The maximum absolute atomic E-state index is 13.4. The van der Waals surface area contributed by atoms with Gasteiger partial charge < -0.3 is 23.8 Å². The molecule has 1 aliphatic heterocycles. The first-order chi connectivity index (χ1) is 15.4. The van der Waals surface area contributed by atoms with Crippen molar-refractivity contribution >= 4 is 29.0 Å². The molecule has 0 saturated carbocycles. The smallest absolute Gasteiger partial charge is 0.422 e. The number of nitrogens with zero attached hydrogens (tertiary/aromatic N) is 5. The van der Waals surface area contributed by atoms with Crippen LogP contribution in [-0.4, -0.2) is 71.4 Å². The number of hydrogen-bond acceptors (Lipinski definition) is 8. The van der Waals surface area contributed by atoms with Crippen LogP contribution in [0.4, 0.5) is 10.7 Å². The number of aryl methyl sites for hydroxylation is 1. The lowest BCUT2D eigenvalue weighted by molar-refractivity contribution is 0.0583. The summed E-state index contributed by atoms with van der Waals surface area (Å²) in [5.74, 6) is -0.219. The van der Waals surface area contributed by atoms with E-state index in [1.165, 1.54) is 13.2 Å². The molecule has 3 heterocycles. The van der Waals surface area contributed by atoms with Gasteiger partial charge in [-0.2, -0.15) is 0 Å². The van der Waals surface area contributed by atoms with Gasteiger partial charge in [0.25, 0.3) is 5.56 Å². The Morgan fingerprint density at radius 1 is 1.06 bits per heavy atom. The highest BCUT2D eigenvalue weighted by molar-refractivity contribution is 5.96.